The molecule has 2 saturated carbocycles. The molecule has 1 heterocycles. The summed E-state index contributed by atoms with van der Waals surface area (Å²) in [5.41, 5.74) is 0. The average Bonchev–Trinajstić information content (AvgIpc) is 3.19. The highest BCUT2D eigenvalue weighted by molar-refractivity contribution is 5.95. The first-order valence-corrected chi connectivity index (χ1v) is 7.33. The number of nitrogens with zero attached hydrogens (tertiary/aromatic N) is 1. The van der Waals surface area contributed by atoms with Crippen molar-refractivity contribution >= 4 is 11.8 Å². The van der Waals surface area contributed by atoms with Crippen molar-refractivity contribution in [1.29, 1.82) is 0 Å². The Morgan fingerprint density at radius 3 is 2.44 bits per heavy atom. The van der Waals surface area contributed by atoms with Gasteiger partial charge in [-0.2, -0.15) is 0 Å². The van der Waals surface area contributed by atoms with Crippen LogP contribution in [0.5, 0.6) is 0 Å². The molecule has 100 valence electrons. The molecule has 0 aromatic rings. The Kier molecular flexibility index (Phi) is 3.27. The van der Waals surface area contributed by atoms with Gasteiger partial charge in [-0.3, -0.25) is 9.59 Å². The van der Waals surface area contributed by atoms with Crippen LogP contribution in [0.15, 0.2) is 0 Å². The average molecular weight is 250 g/mol. The maximum atomic E-state index is 12.1. The van der Waals surface area contributed by atoms with Crippen molar-refractivity contribution < 1.29 is 9.59 Å². The predicted octanol–water partition coefficient (Wildman–Crippen LogP) is 1.30. The zero-order valence-electron chi connectivity index (χ0n) is 10.9. The van der Waals surface area contributed by atoms with Crippen LogP contribution in [0, 0.1) is 11.8 Å². The van der Waals surface area contributed by atoms with Crippen LogP contribution >= 0.6 is 0 Å². The molecule has 1 unspecified atom stereocenters. The summed E-state index contributed by atoms with van der Waals surface area (Å²) in [5, 5.41) is 2.77. The largest absolute Gasteiger partial charge is 0.345 e. The Labute approximate surface area is 108 Å². The monoisotopic (exact) mass is 250 g/mol. The summed E-state index contributed by atoms with van der Waals surface area (Å²) in [6, 6.07) is -0.174. The Morgan fingerprint density at radius 1 is 1.06 bits per heavy atom. The SMILES string of the molecule is O=C1NCC(=O)N(CC2CC2)C1C1CCCCC1. The second-order valence-electron chi connectivity index (χ2n) is 6.05. The maximum absolute atomic E-state index is 12.1. The first-order valence-electron chi connectivity index (χ1n) is 7.33. The Bertz CT molecular complexity index is 346. The van der Waals surface area contributed by atoms with Crippen molar-refractivity contribution in [3.63, 3.8) is 0 Å². The number of hydrogen-bond acceptors (Lipinski definition) is 2. The third kappa shape index (κ3) is 2.38. The summed E-state index contributed by atoms with van der Waals surface area (Å²) in [5.74, 6) is 1.26. The van der Waals surface area contributed by atoms with Gasteiger partial charge in [0.25, 0.3) is 0 Å². The van der Waals surface area contributed by atoms with E-state index in [0.717, 1.165) is 19.4 Å². The molecule has 1 saturated heterocycles. The van der Waals surface area contributed by atoms with Gasteiger partial charge < -0.3 is 10.2 Å². The van der Waals surface area contributed by atoms with Crippen LogP contribution < -0.4 is 5.32 Å². The van der Waals surface area contributed by atoms with Gasteiger partial charge in [0.15, 0.2) is 0 Å². The van der Waals surface area contributed by atoms with Crippen LogP contribution in [-0.4, -0.2) is 35.8 Å². The minimum atomic E-state index is -0.174. The van der Waals surface area contributed by atoms with E-state index in [-0.39, 0.29) is 24.4 Å². The van der Waals surface area contributed by atoms with E-state index in [1.807, 2.05) is 4.90 Å². The van der Waals surface area contributed by atoms with Gasteiger partial charge in [0.2, 0.25) is 11.8 Å². The lowest BCUT2D eigenvalue weighted by atomic mass is 9.82. The molecule has 0 aromatic carbocycles. The molecule has 2 amide bonds. The Morgan fingerprint density at radius 2 is 1.78 bits per heavy atom. The molecule has 3 fully saturated rings. The standard InChI is InChI=1S/C14H22N2O2/c17-12-8-15-14(18)13(11-4-2-1-3-5-11)16(12)9-10-6-7-10/h10-11,13H,1-9H2,(H,15,18). The van der Waals surface area contributed by atoms with E-state index in [1.165, 1.54) is 32.1 Å². The molecule has 0 spiro atoms. The second-order valence-corrected chi connectivity index (χ2v) is 6.05. The van der Waals surface area contributed by atoms with Crippen LogP contribution in [0.4, 0.5) is 0 Å². The highest BCUT2D eigenvalue weighted by Crippen LogP contribution is 2.34. The third-order valence-electron chi connectivity index (χ3n) is 4.59. The van der Waals surface area contributed by atoms with Crippen molar-refractivity contribution in [3.05, 3.63) is 0 Å². The molecule has 2 aliphatic carbocycles. The quantitative estimate of drug-likeness (QED) is 0.821. The summed E-state index contributed by atoms with van der Waals surface area (Å²) in [4.78, 5) is 26.1. The van der Waals surface area contributed by atoms with E-state index in [2.05, 4.69) is 5.32 Å². The molecule has 3 rings (SSSR count). The lowest BCUT2D eigenvalue weighted by molar-refractivity contribution is -0.148. The lowest BCUT2D eigenvalue weighted by Crippen LogP contribution is -2.61. The minimum absolute atomic E-state index is 0.0853. The second kappa shape index (κ2) is 4.90. The fourth-order valence-electron chi connectivity index (χ4n) is 3.38. The van der Waals surface area contributed by atoms with E-state index >= 15 is 0 Å². The fraction of sp³-hybridized carbons (Fsp3) is 0.857. The summed E-state index contributed by atoms with van der Waals surface area (Å²) in [6.07, 6.45) is 8.35. The first-order chi connectivity index (χ1) is 8.75. The fourth-order valence-corrected chi connectivity index (χ4v) is 3.38. The van der Waals surface area contributed by atoms with E-state index < -0.39 is 0 Å². The van der Waals surface area contributed by atoms with Gasteiger partial charge in [-0.05, 0) is 37.5 Å². The Balaban J connectivity index is 1.75. The molecule has 4 heteroatoms. The maximum Gasteiger partial charge on any atom is 0.243 e. The van der Waals surface area contributed by atoms with Gasteiger partial charge in [-0.1, -0.05) is 19.3 Å². The Hall–Kier alpha value is -1.06. The third-order valence-corrected chi connectivity index (χ3v) is 4.59. The van der Waals surface area contributed by atoms with Gasteiger partial charge in [-0.25, -0.2) is 0 Å². The van der Waals surface area contributed by atoms with Crippen LogP contribution in [0.25, 0.3) is 0 Å². The van der Waals surface area contributed by atoms with E-state index in [0.29, 0.717) is 11.8 Å². The molecule has 1 N–H and O–H groups in total. The number of nitrogens with one attached hydrogen (secondary N) is 1. The molecule has 0 radical (unpaired) electrons. The van der Waals surface area contributed by atoms with Gasteiger partial charge in [0.05, 0.1) is 6.54 Å². The van der Waals surface area contributed by atoms with Gasteiger partial charge in [0.1, 0.15) is 6.04 Å². The smallest absolute Gasteiger partial charge is 0.243 e. The first kappa shape index (κ1) is 12.0. The molecule has 18 heavy (non-hydrogen) atoms. The number of carbonyl (C=O) groups excluding carboxylic acids is 2. The molecule has 0 aromatic heterocycles. The minimum Gasteiger partial charge on any atom is -0.345 e. The van der Waals surface area contributed by atoms with Gasteiger partial charge in [-0.15, -0.1) is 0 Å². The summed E-state index contributed by atoms with van der Waals surface area (Å²) >= 11 is 0. The molecule has 1 aliphatic heterocycles. The van der Waals surface area contributed by atoms with Crippen molar-refractivity contribution in [2.75, 3.05) is 13.1 Å². The number of hydrogen-bond donors (Lipinski definition) is 1. The van der Waals surface area contributed by atoms with Gasteiger partial charge in [0, 0.05) is 6.54 Å². The molecule has 0 bridgehead atoms. The van der Waals surface area contributed by atoms with E-state index in [4.69, 9.17) is 0 Å². The number of piperazine rings is 1. The zero-order valence-corrected chi connectivity index (χ0v) is 10.9. The zero-order chi connectivity index (χ0) is 12.5. The number of rotatable bonds is 3. The topological polar surface area (TPSA) is 49.4 Å². The number of amides is 2. The highest BCUT2D eigenvalue weighted by Gasteiger charge is 2.42. The van der Waals surface area contributed by atoms with Crippen LogP contribution in [-0.2, 0) is 9.59 Å². The molecule has 3 aliphatic rings. The van der Waals surface area contributed by atoms with Crippen LogP contribution in [0.2, 0.25) is 0 Å². The van der Waals surface area contributed by atoms with Crippen molar-refractivity contribution in [2.45, 2.75) is 51.0 Å². The number of carbonyl (C=O) groups is 2. The summed E-state index contributed by atoms with van der Waals surface area (Å²) in [7, 11) is 0. The molecule has 1 atom stereocenters. The normalized spacial score (nSPS) is 30.4. The van der Waals surface area contributed by atoms with Gasteiger partial charge >= 0.3 is 0 Å². The summed E-state index contributed by atoms with van der Waals surface area (Å²) < 4.78 is 0. The molecular formula is C14H22N2O2. The predicted molar refractivity (Wildman–Crippen MR) is 67.8 cm³/mol. The summed E-state index contributed by atoms with van der Waals surface area (Å²) in [6.45, 7) is 1.02. The molecular weight excluding hydrogens is 228 g/mol. The van der Waals surface area contributed by atoms with Crippen LogP contribution in [0.1, 0.15) is 44.9 Å². The molecule has 4 nitrogen and oxygen atoms in total. The van der Waals surface area contributed by atoms with E-state index in [9.17, 15) is 9.59 Å². The highest BCUT2D eigenvalue weighted by atomic mass is 16.2. The van der Waals surface area contributed by atoms with Crippen molar-refractivity contribution in [2.24, 2.45) is 11.8 Å². The van der Waals surface area contributed by atoms with Crippen LogP contribution in [0.3, 0.4) is 0 Å². The lowest BCUT2D eigenvalue weighted by Gasteiger charge is -2.40. The van der Waals surface area contributed by atoms with Crippen molar-refractivity contribution in [3.8, 4) is 0 Å². The van der Waals surface area contributed by atoms with Crippen molar-refractivity contribution in [1.82, 2.24) is 10.2 Å². The van der Waals surface area contributed by atoms with E-state index in [1.54, 1.807) is 0 Å².